The van der Waals surface area contributed by atoms with Crippen LogP contribution in [0.25, 0.3) is 11.5 Å². The maximum atomic E-state index is 5.60. The highest BCUT2D eigenvalue weighted by Gasteiger charge is 2.04. The third-order valence-corrected chi connectivity index (χ3v) is 2.04. The fourth-order valence-electron chi connectivity index (χ4n) is 1.33. The Bertz CT molecular complexity index is 595. The smallest absolute Gasteiger partial charge is 0.243 e. The number of nitrogen functional groups attached to an aromatic ring is 1. The molecule has 0 atom stereocenters. The van der Waals surface area contributed by atoms with E-state index in [4.69, 9.17) is 5.73 Å². The molecule has 0 saturated carbocycles. The van der Waals surface area contributed by atoms with Crippen LogP contribution in [0, 0.1) is 0 Å². The number of hydrogen-bond acceptors (Lipinski definition) is 5. The van der Waals surface area contributed by atoms with Gasteiger partial charge in [-0.05, 0) is 12.1 Å². The van der Waals surface area contributed by atoms with Crippen molar-refractivity contribution in [2.24, 2.45) is 0 Å². The van der Waals surface area contributed by atoms with Gasteiger partial charge in [0.25, 0.3) is 0 Å². The Labute approximate surface area is 84.2 Å². The molecule has 7 heteroatoms. The summed E-state index contributed by atoms with van der Waals surface area (Å²) in [5.41, 5.74) is 6.22. The van der Waals surface area contributed by atoms with E-state index in [1.807, 2.05) is 6.07 Å². The topological polar surface area (TPSA) is 86.9 Å². The van der Waals surface area contributed by atoms with Gasteiger partial charge in [-0.25, -0.2) is 4.98 Å². The van der Waals surface area contributed by atoms with E-state index in [1.54, 1.807) is 29.4 Å². The highest BCUT2D eigenvalue weighted by molar-refractivity contribution is 5.43. The molecule has 0 aliphatic rings. The van der Waals surface area contributed by atoms with E-state index in [1.165, 1.54) is 4.52 Å². The molecule has 0 saturated heterocycles. The number of imidazole rings is 1. The van der Waals surface area contributed by atoms with Crippen molar-refractivity contribution in [3.63, 3.8) is 0 Å². The lowest BCUT2D eigenvalue weighted by atomic mass is 10.5. The van der Waals surface area contributed by atoms with Gasteiger partial charge in [-0.15, -0.1) is 15.3 Å². The molecule has 0 unspecified atom stereocenters. The van der Waals surface area contributed by atoms with E-state index in [9.17, 15) is 0 Å². The molecular formula is C8H7N7. The van der Waals surface area contributed by atoms with Gasteiger partial charge in [-0.3, -0.25) is 4.57 Å². The average molecular weight is 201 g/mol. The second-order valence-electron chi connectivity index (χ2n) is 2.99. The Morgan fingerprint density at radius 3 is 2.93 bits per heavy atom. The molecule has 0 radical (unpaired) electrons. The van der Waals surface area contributed by atoms with Crippen molar-refractivity contribution in [3.8, 4) is 5.82 Å². The SMILES string of the molecule is Nc1nnc2ccc(-n3ccnc3)nn12. The van der Waals surface area contributed by atoms with Gasteiger partial charge in [0.15, 0.2) is 11.5 Å². The molecule has 3 heterocycles. The Morgan fingerprint density at radius 2 is 2.13 bits per heavy atom. The molecule has 3 aromatic heterocycles. The zero-order chi connectivity index (χ0) is 10.3. The van der Waals surface area contributed by atoms with E-state index < -0.39 is 0 Å². The largest absolute Gasteiger partial charge is 0.366 e. The Morgan fingerprint density at radius 1 is 1.20 bits per heavy atom. The van der Waals surface area contributed by atoms with E-state index in [0.717, 1.165) is 0 Å². The van der Waals surface area contributed by atoms with Crippen molar-refractivity contribution in [1.82, 2.24) is 29.4 Å². The van der Waals surface area contributed by atoms with E-state index in [-0.39, 0.29) is 5.95 Å². The molecule has 0 amide bonds. The normalized spacial score (nSPS) is 10.9. The summed E-state index contributed by atoms with van der Waals surface area (Å²) in [4.78, 5) is 3.94. The number of rotatable bonds is 1. The first-order valence-electron chi connectivity index (χ1n) is 4.31. The summed E-state index contributed by atoms with van der Waals surface area (Å²) in [7, 11) is 0. The Hall–Kier alpha value is -2.44. The molecule has 7 nitrogen and oxygen atoms in total. The van der Waals surface area contributed by atoms with Crippen LogP contribution in [0.4, 0.5) is 5.95 Å². The minimum atomic E-state index is 0.270. The van der Waals surface area contributed by atoms with Crippen LogP contribution in [0.5, 0.6) is 0 Å². The summed E-state index contributed by atoms with van der Waals surface area (Å²) < 4.78 is 3.26. The zero-order valence-corrected chi connectivity index (χ0v) is 7.65. The Balaban J connectivity index is 2.25. The van der Waals surface area contributed by atoms with Gasteiger partial charge in [0.1, 0.15) is 6.33 Å². The minimum Gasteiger partial charge on any atom is -0.366 e. The molecule has 0 fully saturated rings. The van der Waals surface area contributed by atoms with Crippen LogP contribution < -0.4 is 5.73 Å². The maximum Gasteiger partial charge on any atom is 0.243 e. The molecule has 3 rings (SSSR count). The summed E-state index contributed by atoms with van der Waals surface area (Å²) in [5, 5.41) is 11.8. The van der Waals surface area contributed by atoms with E-state index >= 15 is 0 Å². The molecule has 0 aliphatic carbocycles. The van der Waals surface area contributed by atoms with Gasteiger partial charge in [-0.1, -0.05) is 0 Å². The number of nitrogens with zero attached hydrogens (tertiary/aromatic N) is 6. The monoisotopic (exact) mass is 201 g/mol. The molecule has 0 aromatic carbocycles. The number of hydrogen-bond donors (Lipinski definition) is 1. The number of nitrogens with two attached hydrogens (primary N) is 1. The summed E-state index contributed by atoms with van der Waals surface area (Å²) in [6.07, 6.45) is 5.14. The lowest BCUT2D eigenvalue weighted by Crippen LogP contribution is -2.03. The second kappa shape index (κ2) is 2.77. The van der Waals surface area contributed by atoms with Crippen molar-refractivity contribution < 1.29 is 0 Å². The molecule has 74 valence electrons. The van der Waals surface area contributed by atoms with Gasteiger partial charge < -0.3 is 5.73 Å². The van der Waals surface area contributed by atoms with Crippen molar-refractivity contribution in [1.29, 1.82) is 0 Å². The third kappa shape index (κ3) is 1.13. The predicted octanol–water partition coefficient (Wildman–Crippen LogP) is -0.108. The summed E-state index contributed by atoms with van der Waals surface area (Å²) in [6, 6.07) is 3.62. The van der Waals surface area contributed by atoms with Crippen LogP contribution in [-0.2, 0) is 0 Å². The molecule has 0 aliphatic heterocycles. The molecule has 3 aromatic rings. The number of aromatic nitrogens is 6. The van der Waals surface area contributed by atoms with Crippen LogP contribution >= 0.6 is 0 Å². The van der Waals surface area contributed by atoms with Crippen molar-refractivity contribution in [2.75, 3.05) is 5.73 Å². The van der Waals surface area contributed by atoms with Gasteiger partial charge in [-0.2, -0.15) is 4.52 Å². The second-order valence-corrected chi connectivity index (χ2v) is 2.99. The van der Waals surface area contributed by atoms with Crippen LogP contribution in [0.3, 0.4) is 0 Å². The first kappa shape index (κ1) is 7.92. The quantitative estimate of drug-likeness (QED) is 0.593. The average Bonchev–Trinajstić information content (AvgIpc) is 2.88. The van der Waals surface area contributed by atoms with Crippen LogP contribution in [0.2, 0.25) is 0 Å². The van der Waals surface area contributed by atoms with E-state index in [2.05, 4.69) is 20.3 Å². The van der Waals surface area contributed by atoms with E-state index in [0.29, 0.717) is 11.5 Å². The van der Waals surface area contributed by atoms with Crippen LogP contribution in [0.15, 0.2) is 30.9 Å². The van der Waals surface area contributed by atoms with Crippen molar-refractivity contribution in [3.05, 3.63) is 30.9 Å². The van der Waals surface area contributed by atoms with Crippen LogP contribution in [0.1, 0.15) is 0 Å². The summed E-state index contributed by atoms with van der Waals surface area (Å²) >= 11 is 0. The zero-order valence-electron chi connectivity index (χ0n) is 7.65. The first-order valence-corrected chi connectivity index (χ1v) is 4.31. The molecule has 0 bridgehead atoms. The number of fused-ring (bicyclic) bond motifs is 1. The highest BCUT2D eigenvalue weighted by atomic mass is 15.4. The highest BCUT2D eigenvalue weighted by Crippen LogP contribution is 2.07. The lowest BCUT2D eigenvalue weighted by molar-refractivity contribution is 0.868. The number of anilines is 1. The lowest BCUT2D eigenvalue weighted by Gasteiger charge is -2.00. The molecule has 0 spiro atoms. The van der Waals surface area contributed by atoms with Gasteiger partial charge >= 0.3 is 0 Å². The van der Waals surface area contributed by atoms with Crippen molar-refractivity contribution >= 4 is 11.6 Å². The van der Waals surface area contributed by atoms with Gasteiger partial charge in [0.2, 0.25) is 5.95 Å². The molecular weight excluding hydrogens is 194 g/mol. The fraction of sp³-hybridized carbons (Fsp3) is 0. The summed E-state index contributed by atoms with van der Waals surface area (Å²) in [6.45, 7) is 0. The predicted molar refractivity (Wildman–Crippen MR) is 52.3 cm³/mol. The molecule has 2 N–H and O–H groups in total. The van der Waals surface area contributed by atoms with Crippen LogP contribution in [-0.4, -0.2) is 29.4 Å². The fourth-order valence-corrected chi connectivity index (χ4v) is 1.33. The van der Waals surface area contributed by atoms with Gasteiger partial charge in [0.05, 0.1) is 0 Å². The Kier molecular flexibility index (Phi) is 1.46. The summed E-state index contributed by atoms with van der Waals surface area (Å²) in [5.74, 6) is 0.985. The standard InChI is InChI=1S/C8H7N7/c9-8-12-11-6-1-2-7(13-15(6)8)14-4-3-10-5-14/h1-5H,(H2,9,12). The van der Waals surface area contributed by atoms with Crippen molar-refractivity contribution in [2.45, 2.75) is 0 Å². The molecule has 15 heavy (non-hydrogen) atoms. The minimum absolute atomic E-state index is 0.270. The third-order valence-electron chi connectivity index (χ3n) is 2.04. The van der Waals surface area contributed by atoms with Gasteiger partial charge in [0, 0.05) is 12.4 Å². The first-order chi connectivity index (χ1) is 7.34. The maximum absolute atomic E-state index is 5.60.